The van der Waals surface area contributed by atoms with Crippen LogP contribution in [0.4, 0.5) is 5.69 Å². The lowest BCUT2D eigenvalue weighted by Gasteiger charge is -2.14. The van der Waals surface area contributed by atoms with Crippen LogP contribution in [0.1, 0.15) is 5.56 Å². The first-order valence-corrected chi connectivity index (χ1v) is 3.36. The fourth-order valence-electron chi connectivity index (χ4n) is 0.981. The Morgan fingerprint density at radius 2 is 2.10 bits per heavy atom. The quantitative estimate of drug-likeness (QED) is 0.566. The molecule has 53 valence electrons. The summed E-state index contributed by atoms with van der Waals surface area (Å²) in [5.74, 6) is 0. The van der Waals surface area contributed by atoms with Crippen LogP contribution in [0.15, 0.2) is 18.2 Å². The second-order valence-corrected chi connectivity index (χ2v) is 2.61. The van der Waals surface area contributed by atoms with Gasteiger partial charge in [-0.15, -0.1) is 0 Å². The van der Waals surface area contributed by atoms with Gasteiger partial charge in [0.2, 0.25) is 0 Å². The predicted octanol–water partition coefficient (Wildman–Crippen LogP) is 1.86. The number of benzene rings is 1. The van der Waals surface area contributed by atoms with Crippen molar-refractivity contribution in [2.75, 3.05) is 19.0 Å². The molecule has 0 aliphatic carbocycles. The van der Waals surface area contributed by atoms with Crippen LogP contribution in [0.25, 0.3) is 0 Å². The first-order chi connectivity index (χ1) is 4.72. The molecule has 0 aliphatic heterocycles. The van der Waals surface area contributed by atoms with E-state index in [1.807, 2.05) is 26.2 Å². The van der Waals surface area contributed by atoms with Crippen LogP contribution >= 0.6 is 0 Å². The molecule has 0 saturated heterocycles. The molecule has 1 aromatic carbocycles. The average molecular weight is 134 g/mol. The van der Waals surface area contributed by atoms with Gasteiger partial charge >= 0.3 is 0 Å². The topological polar surface area (TPSA) is 3.24 Å². The van der Waals surface area contributed by atoms with E-state index in [1.165, 1.54) is 11.3 Å². The zero-order valence-electron chi connectivity index (χ0n) is 6.68. The molecule has 0 heterocycles. The van der Waals surface area contributed by atoms with Gasteiger partial charge in [-0.1, -0.05) is 12.1 Å². The predicted molar refractivity (Wildman–Crippen MR) is 44.3 cm³/mol. The van der Waals surface area contributed by atoms with E-state index >= 15 is 0 Å². The van der Waals surface area contributed by atoms with Crippen molar-refractivity contribution >= 4 is 5.69 Å². The molecule has 0 amide bonds. The number of rotatable bonds is 1. The lowest BCUT2D eigenvalue weighted by atomic mass is 10.2. The largest absolute Gasteiger partial charge is 0.377 e. The summed E-state index contributed by atoms with van der Waals surface area (Å²) >= 11 is 0. The molecule has 0 N–H and O–H groups in total. The number of nitrogens with zero attached hydrogens (tertiary/aromatic N) is 1. The Morgan fingerprint density at radius 1 is 1.40 bits per heavy atom. The van der Waals surface area contributed by atoms with Gasteiger partial charge in [-0.3, -0.25) is 0 Å². The Balaban J connectivity index is 3.03. The van der Waals surface area contributed by atoms with E-state index in [1.54, 1.807) is 0 Å². The monoisotopic (exact) mass is 134 g/mol. The first-order valence-electron chi connectivity index (χ1n) is 3.36. The highest BCUT2D eigenvalue weighted by Crippen LogP contribution is 2.14. The highest BCUT2D eigenvalue weighted by molar-refractivity contribution is 5.51. The Morgan fingerprint density at radius 3 is 2.50 bits per heavy atom. The van der Waals surface area contributed by atoms with E-state index < -0.39 is 0 Å². The van der Waals surface area contributed by atoms with E-state index in [9.17, 15) is 0 Å². The zero-order chi connectivity index (χ0) is 7.56. The zero-order valence-corrected chi connectivity index (χ0v) is 6.68. The fraction of sp³-hybridized carbons (Fsp3) is 0.333. The summed E-state index contributed by atoms with van der Waals surface area (Å²) in [5, 5.41) is 0. The van der Waals surface area contributed by atoms with Crippen LogP contribution < -0.4 is 4.90 Å². The van der Waals surface area contributed by atoms with Crippen LogP contribution in [0.5, 0.6) is 0 Å². The van der Waals surface area contributed by atoms with Gasteiger partial charge in [0, 0.05) is 19.8 Å². The van der Waals surface area contributed by atoms with E-state index in [2.05, 4.69) is 24.0 Å². The SMILES string of the molecule is Cc1cc[c]cc1N(C)C. The third kappa shape index (κ3) is 1.29. The van der Waals surface area contributed by atoms with Crippen molar-refractivity contribution in [3.05, 3.63) is 29.8 Å². The Hall–Kier alpha value is -0.980. The normalized spacial score (nSPS) is 9.50. The smallest absolute Gasteiger partial charge is 0.0396 e. The van der Waals surface area contributed by atoms with Crippen LogP contribution in [0, 0.1) is 13.0 Å². The molecule has 0 bridgehead atoms. The van der Waals surface area contributed by atoms with E-state index in [-0.39, 0.29) is 0 Å². The van der Waals surface area contributed by atoms with Crippen molar-refractivity contribution in [3.8, 4) is 0 Å². The summed E-state index contributed by atoms with van der Waals surface area (Å²) in [6, 6.07) is 9.03. The maximum atomic E-state index is 3.04. The lowest BCUT2D eigenvalue weighted by Crippen LogP contribution is -2.09. The van der Waals surface area contributed by atoms with E-state index in [4.69, 9.17) is 0 Å². The average Bonchev–Trinajstić information content (AvgIpc) is 1.88. The van der Waals surface area contributed by atoms with Crippen molar-refractivity contribution < 1.29 is 0 Å². The third-order valence-corrected chi connectivity index (χ3v) is 1.54. The highest BCUT2D eigenvalue weighted by atomic mass is 15.1. The number of anilines is 1. The van der Waals surface area contributed by atoms with Gasteiger partial charge < -0.3 is 4.90 Å². The standard InChI is InChI=1S/C9H12N/c1-8-6-4-5-7-9(8)10(2)3/h4,6-7H,1-3H3. The molecule has 1 heteroatoms. The van der Waals surface area contributed by atoms with Crippen molar-refractivity contribution in [3.63, 3.8) is 0 Å². The highest BCUT2D eigenvalue weighted by Gasteiger charge is 1.95. The second-order valence-electron chi connectivity index (χ2n) is 2.61. The van der Waals surface area contributed by atoms with Crippen LogP contribution in [0.2, 0.25) is 0 Å². The number of hydrogen-bond acceptors (Lipinski definition) is 1. The van der Waals surface area contributed by atoms with Crippen molar-refractivity contribution in [1.82, 2.24) is 0 Å². The molecule has 1 nitrogen and oxygen atoms in total. The Labute approximate surface area is 62.3 Å². The fourth-order valence-corrected chi connectivity index (χ4v) is 0.981. The molecular formula is C9H12N. The first kappa shape index (κ1) is 7.13. The molecule has 0 unspecified atom stereocenters. The number of aryl methyl sites for hydroxylation is 1. The van der Waals surface area contributed by atoms with Crippen molar-refractivity contribution in [1.29, 1.82) is 0 Å². The molecule has 0 atom stereocenters. The molecule has 0 saturated carbocycles. The van der Waals surface area contributed by atoms with Gasteiger partial charge in [0.1, 0.15) is 0 Å². The number of hydrogen-bond donors (Lipinski definition) is 0. The Bertz CT molecular complexity index is 216. The van der Waals surface area contributed by atoms with Gasteiger partial charge in [0.15, 0.2) is 0 Å². The van der Waals surface area contributed by atoms with Crippen molar-refractivity contribution in [2.24, 2.45) is 0 Å². The molecule has 1 aromatic rings. The summed E-state index contributed by atoms with van der Waals surface area (Å²) in [7, 11) is 4.08. The van der Waals surface area contributed by atoms with E-state index in [0.717, 1.165) is 0 Å². The molecule has 1 rings (SSSR count). The molecular weight excluding hydrogens is 122 g/mol. The summed E-state index contributed by atoms with van der Waals surface area (Å²) in [5.41, 5.74) is 2.53. The Kier molecular flexibility index (Phi) is 1.95. The molecule has 0 aliphatic rings. The third-order valence-electron chi connectivity index (χ3n) is 1.54. The van der Waals surface area contributed by atoms with Gasteiger partial charge in [-0.2, -0.15) is 0 Å². The van der Waals surface area contributed by atoms with Crippen LogP contribution in [0.3, 0.4) is 0 Å². The van der Waals surface area contributed by atoms with Crippen LogP contribution in [-0.4, -0.2) is 14.1 Å². The van der Waals surface area contributed by atoms with Gasteiger partial charge in [0.25, 0.3) is 0 Å². The minimum atomic E-state index is 1.24. The molecule has 10 heavy (non-hydrogen) atoms. The minimum absolute atomic E-state index is 1.24. The summed E-state index contributed by atoms with van der Waals surface area (Å²) in [4.78, 5) is 2.09. The van der Waals surface area contributed by atoms with Gasteiger partial charge in [-0.05, 0) is 24.6 Å². The molecule has 0 aromatic heterocycles. The van der Waals surface area contributed by atoms with Gasteiger partial charge in [0.05, 0.1) is 0 Å². The summed E-state index contributed by atoms with van der Waals surface area (Å²) < 4.78 is 0. The van der Waals surface area contributed by atoms with Crippen molar-refractivity contribution in [2.45, 2.75) is 6.92 Å². The van der Waals surface area contributed by atoms with E-state index in [0.29, 0.717) is 0 Å². The maximum Gasteiger partial charge on any atom is 0.0396 e. The molecule has 1 radical (unpaired) electrons. The second kappa shape index (κ2) is 2.74. The summed E-state index contributed by atoms with van der Waals surface area (Å²) in [6.07, 6.45) is 0. The maximum absolute atomic E-state index is 3.04. The van der Waals surface area contributed by atoms with Crippen LogP contribution in [-0.2, 0) is 0 Å². The summed E-state index contributed by atoms with van der Waals surface area (Å²) in [6.45, 7) is 2.10. The minimum Gasteiger partial charge on any atom is -0.377 e. The molecule has 0 spiro atoms. The molecule has 0 fully saturated rings. The lowest BCUT2D eigenvalue weighted by molar-refractivity contribution is 1.11. The van der Waals surface area contributed by atoms with Gasteiger partial charge in [-0.25, -0.2) is 0 Å².